The van der Waals surface area contributed by atoms with E-state index in [0.29, 0.717) is 15.8 Å². The number of hydrogen-bond donors (Lipinski definition) is 0. The van der Waals surface area contributed by atoms with Gasteiger partial charge in [0.05, 0.1) is 10.0 Å². The van der Waals surface area contributed by atoms with Crippen LogP contribution in [0.4, 0.5) is 0 Å². The zero-order chi connectivity index (χ0) is 14.7. The van der Waals surface area contributed by atoms with Gasteiger partial charge in [-0.25, -0.2) is 0 Å². The molecule has 1 aliphatic rings. The van der Waals surface area contributed by atoms with Crippen molar-refractivity contribution in [3.05, 3.63) is 28.2 Å². The van der Waals surface area contributed by atoms with Crippen LogP contribution in [0.2, 0.25) is 10.0 Å². The molecular weight excluding hydrogens is 297 g/mol. The molecule has 2 rings (SSSR count). The Bertz CT molecular complexity index is 483. The first kappa shape index (κ1) is 15.5. The summed E-state index contributed by atoms with van der Waals surface area (Å²) in [6.45, 7) is 4.21. The van der Waals surface area contributed by atoms with E-state index in [-0.39, 0.29) is 24.6 Å². The summed E-state index contributed by atoms with van der Waals surface area (Å²) in [5, 5.41) is 0.903. The second-order valence-electron chi connectivity index (χ2n) is 5.29. The maximum Gasteiger partial charge on any atom is 0.260 e. The highest BCUT2D eigenvalue weighted by Gasteiger charge is 2.28. The first-order valence-corrected chi connectivity index (χ1v) is 7.63. The molecular formula is C15H19Cl2NO2. The Labute approximate surface area is 129 Å². The summed E-state index contributed by atoms with van der Waals surface area (Å²) in [4.78, 5) is 14.2. The van der Waals surface area contributed by atoms with E-state index in [1.165, 1.54) is 6.42 Å². The molecule has 0 bridgehead atoms. The van der Waals surface area contributed by atoms with Gasteiger partial charge in [0, 0.05) is 18.2 Å². The number of likely N-dealkylation sites (tertiary alicyclic amines) is 1. The quantitative estimate of drug-likeness (QED) is 0.838. The van der Waals surface area contributed by atoms with Crippen molar-refractivity contribution in [2.24, 2.45) is 0 Å². The molecule has 2 unspecified atom stereocenters. The monoisotopic (exact) mass is 315 g/mol. The molecule has 1 aromatic rings. The van der Waals surface area contributed by atoms with Crippen molar-refractivity contribution in [1.82, 2.24) is 4.90 Å². The molecule has 0 aliphatic carbocycles. The number of halogens is 2. The first-order chi connectivity index (χ1) is 9.49. The Balaban J connectivity index is 1.95. The summed E-state index contributed by atoms with van der Waals surface area (Å²) in [6.07, 6.45) is 3.30. The molecule has 1 amide bonds. The summed E-state index contributed by atoms with van der Waals surface area (Å²) in [6, 6.07) is 5.56. The highest BCUT2D eigenvalue weighted by atomic mass is 35.5. The van der Waals surface area contributed by atoms with Gasteiger partial charge >= 0.3 is 0 Å². The Morgan fingerprint density at radius 2 is 1.90 bits per heavy atom. The number of rotatable bonds is 3. The smallest absolute Gasteiger partial charge is 0.260 e. The second-order valence-corrected chi connectivity index (χ2v) is 6.11. The lowest BCUT2D eigenvalue weighted by Crippen LogP contribution is -2.49. The van der Waals surface area contributed by atoms with Crippen LogP contribution in [0.3, 0.4) is 0 Å². The zero-order valence-electron chi connectivity index (χ0n) is 11.7. The normalized spacial score (nSPS) is 22.7. The molecule has 5 heteroatoms. The number of piperidine rings is 1. The van der Waals surface area contributed by atoms with Crippen molar-refractivity contribution in [3.63, 3.8) is 0 Å². The molecule has 1 aliphatic heterocycles. The van der Waals surface area contributed by atoms with Crippen molar-refractivity contribution < 1.29 is 9.53 Å². The maximum absolute atomic E-state index is 12.3. The minimum atomic E-state index is 0.0239. The Hall–Kier alpha value is -0.930. The molecule has 20 heavy (non-hydrogen) atoms. The number of hydrogen-bond acceptors (Lipinski definition) is 2. The number of nitrogens with zero attached hydrogens (tertiary/aromatic N) is 1. The molecule has 0 radical (unpaired) electrons. The summed E-state index contributed by atoms with van der Waals surface area (Å²) in [7, 11) is 0. The van der Waals surface area contributed by atoms with Crippen molar-refractivity contribution in [3.8, 4) is 5.75 Å². The Morgan fingerprint density at radius 1 is 1.25 bits per heavy atom. The molecule has 1 fully saturated rings. The van der Waals surface area contributed by atoms with Gasteiger partial charge in [0.25, 0.3) is 5.91 Å². The van der Waals surface area contributed by atoms with E-state index in [9.17, 15) is 4.79 Å². The van der Waals surface area contributed by atoms with Crippen molar-refractivity contribution in [2.45, 2.75) is 45.2 Å². The first-order valence-electron chi connectivity index (χ1n) is 6.88. The van der Waals surface area contributed by atoms with Gasteiger partial charge in [-0.2, -0.15) is 0 Å². The molecule has 110 valence electrons. The van der Waals surface area contributed by atoms with Crippen LogP contribution in [0, 0.1) is 0 Å². The third kappa shape index (κ3) is 3.58. The van der Waals surface area contributed by atoms with E-state index < -0.39 is 0 Å². The molecule has 1 heterocycles. The van der Waals surface area contributed by atoms with Gasteiger partial charge in [0.1, 0.15) is 5.75 Å². The Kier molecular flexibility index (Phi) is 5.17. The van der Waals surface area contributed by atoms with Crippen molar-refractivity contribution in [2.75, 3.05) is 6.61 Å². The highest BCUT2D eigenvalue weighted by Crippen LogP contribution is 2.27. The van der Waals surface area contributed by atoms with Crippen molar-refractivity contribution in [1.29, 1.82) is 0 Å². The molecule has 1 aromatic carbocycles. The van der Waals surface area contributed by atoms with Gasteiger partial charge in [-0.1, -0.05) is 23.2 Å². The standard InChI is InChI=1S/C15H19Cl2NO2/c1-10-4-3-5-11(2)18(10)15(19)9-20-12-6-7-13(16)14(17)8-12/h6-8,10-11H,3-5,9H2,1-2H3. The Morgan fingerprint density at radius 3 is 2.50 bits per heavy atom. The molecule has 0 N–H and O–H groups in total. The SMILES string of the molecule is CC1CCCC(C)N1C(=O)COc1ccc(Cl)c(Cl)c1. The number of benzene rings is 1. The lowest BCUT2D eigenvalue weighted by Gasteiger charge is -2.38. The van der Waals surface area contributed by atoms with Gasteiger partial charge in [-0.3, -0.25) is 4.79 Å². The number of carbonyl (C=O) groups excluding carboxylic acids is 1. The fourth-order valence-electron chi connectivity index (χ4n) is 2.70. The second kappa shape index (κ2) is 6.68. The highest BCUT2D eigenvalue weighted by molar-refractivity contribution is 6.42. The third-order valence-corrected chi connectivity index (χ3v) is 4.47. The predicted octanol–water partition coefficient (Wildman–Crippen LogP) is 4.16. The van der Waals surface area contributed by atoms with Crippen LogP contribution in [0.1, 0.15) is 33.1 Å². The summed E-state index contributed by atoms with van der Waals surface area (Å²) >= 11 is 11.8. The van der Waals surface area contributed by atoms with Crippen LogP contribution >= 0.6 is 23.2 Å². The van der Waals surface area contributed by atoms with Crippen LogP contribution in [-0.2, 0) is 4.79 Å². The van der Waals surface area contributed by atoms with E-state index in [1.807, 2.05) is 4.90 Å². The summed E-state index contributed by atoms with van der Waals surface area (Å²) in [5.74, 6) is 0.584. The molecule has 2 atom stereocenters. The van der Waals surface area contributed by atoms with Crippen LogP contribution in [-0.4, -0.2) is 29.5 Å². The topological polar surface area (TPSA) is 29.5 Å². The summed E-state index contributed by atoms with van der Waals surface area (Å²) in [5.41, 5.74) is 0. The number of ether oxygens (including phenoxy) is 1. The lowest BCUT2D eigenvalue weighted by molar-refractivity contribution is -0.139. The fraction of sp³-hybridized carbons (Fsp3) is 0.533. The fourth-order valence-corrected chi connectivity index (χ4v) is 2.99. The number of carbonyl (C=O) groups is 1. The lowest BCUT2D eigenvalue weighted by atomic mass is 9.97. The van der Waals surface area contributed by atoms with Crippen LogP contribution < -0.4 is 4.74 Å². The van der Waals surface area contributed by atoms with Crippen molar-refractivity contribution >= 4 is 29.1 Å². The molecule has 0 saturated carbocycles. The van der Waals surface area contributed by atoms with E-state index in [2.05, 4.69) is 13.8 Å². The van der Waals surface area contributed by atoms with Crippen LogP contribution in [0.5, 0.6) is 5.75 Å². The van der Waals surface area contributed by atoms with Crippen LogP contribution in [0.25, 0.3) is 0 Å². The predicted molar refractivity (Wildman–Crippen MR) is 81.6 cm³/mol. The van der Waals surface area contributed by atoms with Gasteiger partial charge < -0.3 is 9.64 Å². The minimum absolute atomic E-state index is 0.0239. The average Bonchev–Trinajstić information content (AvgIpc) is 2.40. The largest absolute Gasteiger partial charge is 0.484 e. The van der Waals surface area contributed by atoms with E-state index in [4.69, 9.17) is 27.9 Å². The summed E-state index contributed by atoms with van der Waals surface area (Å²) < 4.78 is 5.52. The molecule has 1 saturated heterocycles. The molecule has 0 spiro atoms. The van der Waals surface area contributed by atoms with Gasteiger partial charge in [-0.05, 0) is 45.2 Å². The average molecular weight is 316 g/mol. The van der Waals surface area contributed by atoms with E-state index >= 15 is 0 Å². The van der Waals surface area contributed by atoms with E-state index in [1.54, 1.807) is 18.2 Å². The molecule has 3 nitrogen and oxygen atoms in total. The third-order valence-electron chi connectivity index (χ3n) is 3.73. The number of amides is 1. The van der Waals surface area contributed by atoms with Gasteiger partial charge in [-0.15, -0.1) is 0 Å². The molecule has 0 aromatic heterocycles. The van der Waals surface area contributed by atoms with E-state index in [0.717, 1.165) is 12.8 Å². The maximum atomic E-state index is 12.3. The van der Waals surface area contributed by atoms with Crippen LogP contribution in [0.15, 0.2) is 18.2 Å². The minimum Gasteiger partial charge on any atom is -0.484 e. The zero-order valence-corrected chi connectivity index (χ0v) is 13.2. The van der Waals surface area contributed by atoms with Gasteiger partial charge in [0.2, 0.25) is 0 Å². The van der Waals surface area contributed by atoms with Gasteiger partial charge in [0.15, 0.2) is 6.61 Å².